The molecule has 1 aromatic heterocycles. The van der Waals surface area contributed by atoms with Gasteiger partial charge in [-0.15, -0.1) is 0 Å². The van der Waals surface area contributed by atoms with Crippen LogP contribution in [0.5, 0.6) is 0 Å². The van der Waals surface area contributed by atoms with Crippen molar-refractivity contribution in [3.8, 4) is 0 Å². The standard InChI is InChI=1S/C19H21NO2.C2H6/c1-14-9-16-11-18(10-15-5-3-2-4-6-15)22-19(16)12-17(14)13-20-7-8-21;1-2/h2-6,9,11-12,20-21H,7-8,10,13H2,1H3;1-2H3. The topological polar surface area (TPSA) is 45.4 Å². The maximum absolute atomic E-state index is 8.85. The molecule has 0 aliphatic carbocycles. The third-order valence-corrected chi connectivity index (χ3v) is 3.85. The lowest BCUT2D eigenvalue weighted by Gasteiger charge is -2.06. The molecule has 3 rings (SSSR count). The molecule has 128 valence electrons. The lowest BCUT2D eigenvalue weighted by atomic mass is 10.1. The normalized spacial score (nSPS) is 10.5. The molecule has 0 atom stereocenters. The van der Waals surface area contributed by atoms with E-state index in [-0.39, 0.29) is 6.61 Å². The van der Waals surface area contributed by atoms with Gasteiger partial charge in [0.05, 0.1) is 6.61 Å². The molecule has 0 aliphatic rings. The number of furan rings is 1. The molecule has 0 bridgehead atoms. The lowest BCUT2D eigenvalue weighted by Crippen LogP contribution is -2.17. The van der Waals surface area contributed by atoms with E-state index in [1.807, 2.05) is 32.0 Å². The van der Waals surface area contributed by atoms with E-state index in [4.69, 9.17) is 9.52 Å². The zero-order chi connectivity index (χ0) is 17.4. The molecule has 3 aromatic rings. The Bertz CT molecular complexity index is 747. The Labute approximate surface area is 144 Å². The molecule has 0 saturated heterocycles. The van der Waals surface area contributed by atoms with E-state index in [9.17, 15) is 0 Å². The number of rotatable bonds is 6. The molecule has 24 heavy (non-hydrogen) atoms. The SMILES string of the molecule is CC.Cc1cc2cc(Cc3ccccc3)oc2cc1CNCCO. The molecule has 2 N–H and O–H groups in total. The van der Waals surface area contributed by atoms with E-state index in [0.717, 1.165) is 29.7 Å². The highest BCUT2D eigenvalue weighted by atomic mass is 16.3. The predicted molar refractivity (Wildman–Crippen MR) is 100 cm³/mol. The Morgan fingerprint density at radius 1 is 1.04 bits per heavy atom. The van der Waals surface area contributed by atoms with Gasteiger partial charge in [0, 0.05) is 24.9 Å². The Morgan fingerprint density at radius 3 is 2.50 bits per heavy atom. The summed E-state index contributed by atoms with van der Waals surface area (Å²) in [4.78, 5) is 0. The molecule has 3 heteroatoms. The number of fused-ring (bicyclic) bond motifs is 1. The van der Waals surface area contributed by atoms with Gasteiger partial charge in [-0.1, -0.05) is 44.2 Å². The van der Waals surface area contributed by atoms with Crippen LogP contribution < -0.4 is 5.32 Å². The first-order chi connectivity index (χ1) is 11.8. The van der Waals surface area contributed by atoms with Crippen molar-refractivity contribution in [3.63, 3.8) is 0 Å². The van der Waals surface area contributed by atoms with Crippen LogP contribution in [0.2, 0.25) is 0 Å². The number of benzene rings is 2. The highest BCUT2D eigenvalue weighted by molar-refractivity contribution is 5.80. The van der Waals surface area contributed by atoms with Gasteiger partial charge in [-0.2, -0.15) is 0 Å². The highest BCUT2D eigenvalue weighted by Crippen LogP contribution is 2.25. The lowest BCUT2D eigenvalue weighted by molar-refractivity contribution is 0.292. The molecule has 0 fully saturated rings. The average molecular weight is 325 g/mol. The van der Waals surface area contributed by atoms with Gasteiger partial charge in [0.2, 0.25) is 0 Å². The number of aliphatic hydroxyl groups is 1. The van der Waals surface area contributed by atoms with Crippen LogP contribution in [0, 0.1) is 6.92 Å². The predicted octanol–water partition coefficient (Wildman–Crippen LogP) is 4.44. The van der Waals surface area contributed by atoms with Crippen molar-refractivity contribution in [2.24, 2.45) is 0 Å². The second kappa shape index (κ2) is 9.26. The Balaban J connectivity index is 0.00000100. The smallest absolute Gasteiger partial charge is 0.134 e. The monoisotopic (exact) mass is 325 g/mol. The zero-order valence-corrected chi connectivity index (χ0v) is 14.8. The minimum Gasteiger partial charge on any atom is -0.461 e. The van der Waals surface area contributed by atoms with Crippen molar-refractivity contribution in [2.45, 2.75) is 33.7 Å². The largest absolute Gasteiger partial charge is 0.461 e. The van der Waals surface area contributed by atoms with E-state index in [2.05, 4.69) is 42.6 Å². The van der Waals surface area contributed by atoms with Crippen LogP contribution in [0.3, 0.4) is 0 Å². The third kappa shape index (κ3) is 4.70. The Morgan fingerprint density at radius 2 is 1.79 bits per heavy atom. The summed E-state index contributed by atoms with van der Waals surface area (Å²) < 4.78 is 6.00. The minimum absolute atomic E-state index is 0.156. The van der Waals surface area contributed by atoms with E-state index in [1.54, 1.807) is 0 Å². The van der Waals surface area contributed by atoms with Crippen molar-refractivity contribution in [1.82, 2.24) is 5.32 Å². The van der Waals surface area contributed by atoms with Crippen LogP contribution in [0.4, 0.5) is 0 Å². The number of hydrogen-bond donors (Lipinski definition) is 2. The fourth-order valence-corrected chi connectivity index (χ4v) is 2.67. The highest BCUT2D eigenvalue weighted by Gasteiger charge is 2.08. The van der Waals surface area contributed by atoms with E-state index in [1.165, 1.54) is 16.7 Å². The summed E-state index contributed by atoms with van der Waals surface area (Å²) in [6, 6.07) is 16.7. The van der Waals surface area contributed by atoms with Crippen LogP contribution in [-0.2, 0) is 13.0 Å². The van der Waals surface area contributed by atoms with Gasteiger partial charge >= 0.3 is 0 Å². The average Bonchev–Trinajstić information content (AvgIpc) is 2.99. The van der Waals surface area contributed by atoms with Crippen LogP contribution in [0.1, 0.15) is 36.3 Å². The van der Waals surface area contributed by atoms with Gasteiger partial charge in [0.1, 0.15) is 11.3 Å². The first-order valence-electron chi connectivity index (χ1n) is 8.63. The first kappa shape index (κ1) is 18.2. The molecular formula is C21H27NO2. The van der Waals surface area contributed by atoms with Gasteiger partial charge in [0.15, 0.2) is 0 Å². The molecule has 0 radical (unpaired) electrons. The second-order valence-electron chi connectivity index (χ2n) is 5.59. The summed E-state index contributed by atoms with van der Waals surface area (Å²) in [7, 11) is 0. The summed E-state index contributed by atoms with van der Waals surface area (Å²) in [6.45, 7) is 7.62. The fourth-order valence-electron chi connectivity index (χ4n) is 2.67. The third-order valence-electron chi connectivity index (χ3n) is 3.85. The maximum Gasteiger partial charge on any atom is 0.134 e. The molecule has 0 aliphatic heterocycles. The van der Waals surface area contributed by atoms with Gasteiger partial charge in [-0.3, -0.25) is 0 Å². The molecular weight excluding hydrogens is 298 g/mol. The number of aryl methyl sites for hydroxylation is 1. The molecule has 0 spiro atoms. The van der Waals surface area contributed by atoms with E-state index in [0.29, 0.717) is 6.54 Å². The van der Waals surface area contributed by atoms with Gasteiger partial charge < -0.3 is 14.8 Å². The van der Waals surface area contributed by atoms with Crippen molar-refractivity contribution < 1.29 is 9.52 Å². The van der Waals surface area contributed by atoms with Crippen molar-refractivity contribution in [1.29, 1.82) is 0 Å². The van der Waals surface area contributed by atoms with Crippen molar-refractivity contribution >= 4 is 11.0 Å². The van der Waals surface area contributed by atoms with Crippen molar-refractivity contribution in [3.05, 3.63) is 71.0 Å². The van der Waals surface area contributed by atoms with Crippen molar-refractivity contribution in [2.75, 3.05) is 13.2 Å². The Kier molecular flexibility index (Phi) is 7.04. The molecule has 3 nitrogen and oxygen atoms in total. The fraction of sp³-hybridized carbons (Fsp3) is 0.333. The van der Waals surface area contributed by atoms with Crippen LogP contribution in [0.15, 0.2) is 52.9 Å². The maximum atomic E-state index is 8.85. The van der Waals surface area contributed by atoms with E-state index >= 15 is 0 Å². The van der Waals surface area contributed by atoms with Gasteiger partial charge in [-0.25, -0.2) is 0 Å². The summed E-state index contributed by atoms with van der Waals surface area (Å²) in [5.41, 5.74) is 4.63. The quantitative estimate of drug-likeness (QED) is 0.659. The number of aliphatic hydroxyl groups excluding tert-OH is 1. The van der Waals surface area contributed by atoms with E-state index < -0.39 is 0 Å². The molecule has 2 aromatic carbocycles. The number of hydrogen-bond acceptors (Lipinski definition) is 3. The van der Waals surface area contributed by atoms with Crippen LogP contribution in [0.25, 0.3) is 11.0 Å². The van der Waals surface area contributed by atoms with Gasteiger partial charge in [-0.05, 0) is 41.8 Å². The summed E-state index contributed by atoms with van der Waals surface area (Å²) in [5.74, 6) is 0.987. The summed E-state index contributed by atoms with van der Waals surface area (Å²) in [5, 5.41) is 13.2. The molecule has 0 unspecified atom stereocenters. The summed E-state index contributed by atoms with van der Waals surface area (Å²) >= 11 is 0. The zero-order valence-electron chi connectivity index (χ0n) is 14.8. The minimum atomic E-state index is 0.156. The molecule has 0 amide bonds. The first-order valence-corrected chi connectivity index (χ1v) is 8.63. The van der Waals surface area contributed by atoms with Crippen LogP contribution in [-0.4, -0.2) is 18.3 Å². The second-order valence-corrected chi connectivity index (χ2v) is 5.59. The van der Waals surface area contributed by atoms with Crippen LogP contribution >= 0.6 is 0 Å². The van der Waals surface area contributed by atoms with Gasteiger partial charge in [0.25, 0.3) is 0 Å². The summed E-state index contributed by atoms with van der Waals surface area (Å²) in [6.07, 6.45) is 0.812. The Hall–Kier alpha value is -2.10. The number of nitrogens with one attached hydrogen (secondary N) is 1. The molecule has 0 saturated carbocycles. The molecule has 1 heterocycles.